The highest BCUT2D eigenvalue weighted by molar-refractivity contribution is 6.33. The molecule has 1 unspecified atom stereocenters. The van der Waals surface area contributed by atoms with E-state index in [-0.39, 0.29) is 12.0 Å². The van der Waals surface area contributed by atoms with Crippen LogP contribution in [0.3, 0.4) is 0 Å². The van der Waals surface area contributed by atoms with E-state index in [2.05, 4.69) is 10.3 Å². The van der Waals surface area contributed by atoms with E-state index in [1.807, 2.05) is 29.2 Å². The maximum absolute atomic E-state index is 12.6. The molecule has 0 spiro atoms. The molecule has 2 aromatic rings. The van der Waals surface area contributed by atoms with Crippen LogP contribution in [0.4, 0.5) is 11.5 Å². The van der Waals surface area contributed by atoms with Crippen LogP contribution in [-0.2, 0) is 4.74 Å². The number of hydrogen-bond acceptors (Lipinski definition) is 5. The molecule has 0 aliphatic carbocycles. The van der Waals surface area contributed by atoms with Crippen LogP contribution in [0.25, 0.3) is 0 Å². The minimum Gasteiger partial charge on any atom is -0.491 e. The maximum atomic E-state index is 12.6. The van der Waals surface area contributed by atoms with Crippen molar-refractivity contribution < 1.29 is 14.3 Å². The van der Waals surface area contributed by atoms with Crippen molar-refractivity contribution in [1.82, 2.24) is 9.88 Å². The summed E-state index contributed by atoms with van der Waals surface area (Å²) in [5, 5.41) is 3.62. The molecule has 2 aliphatic heterocycles. The number of halogens is 1. The molecule has 1 atom stereocenters. The third-order valence-electron chi connectivity index (χ3n) is 5.31. The maximum Gasteiger partial charge on any atom is 0.255 e. The van der Waals surface area contributed by atoms with Crippen molar-refractivity contribution in [2.45, 2.75) is 38.2 Å². The molecule has 6 nitrogen and oxygen atoms in total. The van der Waals surface area contributed by atoms with Crippen molar-refractivity contribution in [2.24, 2.45) is 0 Å². The highest BCUT2D eigenvalue weighted by Gasteiger charge is 2.19. The SMILES string of the molecule is O=C(c1cnc(Nc2ccc(OCC3CCCO3)cc2)c(Cl)c1)N1CCCCC1. The second-order valence-electron chi connectivity index (χ2n) is 7.50. The molecule has 1 aromatic heterocycles. The number of carbonyl (C=O) groups is 1. The van der Waals surface area contributed by atoms with Crippen LogP contribution in [-0.4, -0.2) is 48.2 Å². The lowest BCUT2D eigenvalue weighted by atomic mass is 10.1. The number of carbonyl (C=O) groups excluding carboxylic acids is 1. The normalized spacial score (nSPS) is 19.2. The molecule has 7 heteroatoms. The number of nitrogens with zero attached hydrogens (tertiary/aromatic N) is 2. The lowest BCUT2D eigenvalue weighted by Crippen LogP contribution is -2.35. The molecule has 2 aliphatic rings. The molecular formula is C22H26ClN3O3. The number of likely N-dealkylation sites (tertiary alicyclic amines) is 1. The summed E-state index contributed by atoms with van der Waals surface area (Å²) in [6.07, 6.45) is 7.24. The van der Waals surface area contributed by atoms with Crippen molar-refractivity contribution in [2.75, 3.05) is 31.6 Å². The van der Waals surface area contributed by atoms with E-state index in [1.54, 1.807) is 12.3 Å². The van der Waals surface area contributed by atoms with Gasteiger partial charge in [0.1, 0.15) is 18.2 Å². The van der Waals surface area contributed by atoms with Crippen LogP contribution in [0.15, 0.2) is 36.5 Å². The Kier molecular flexibility index (Phi) is 6.52. The lowest BCUT2D eigenvalue weighted by Gasteiger charge is -2.26. The minimum atomic E-state index is -0.00149. The number of piperidine rings is 1. The minimum absolute atomic E-state index is 0.00149. The second kappa shape index (κ2) is 9.46. The van der Waals surface area contributed by atoms with Crippen LogP contribution in [0.2, 0.25) is 5.02 Å². The third kappa shape index (κ3) is 5.19. The quantitative estimate of drug-likeness (QED) is 0.743. The first kappa shape index (κ1) is 20.0. The van der Waals surface area contributed by atoms with Crippen LogP contribution < -0.4 is 10.1 Å². The summed E-state index contributed by atoms with van der Waals surface area (Å²) < 4.78 is 11.4. The highest BCUT2D eigenvalue weighted by Crippen LogP contribution is 2.26. The van der Waals surface area contributed by atoms with E-state index in [4.69, 9.17) is 21.1 Å². The molecule has 0 saturated carbocycles. The predicted molar refractivity (Wildman–Crippen MR) is 113 cm³/mol. The monoisotopic (exact) mass is 415 g/mol. The number of hydrogen-bond donors (Lipinski definition) is 1. The zero-order valence-electron chi connectivity index (χ0n) is 16.4. The van der Waals surface area contributed by atoms with Crippen LogP contribution in [0.5, 0.6) is 5.75 Å². The molecule has 1 aromatic carbocycles. The Labute approximate surface area is 176 Å². The fraction of sp³-hybridized carbons (Fsp3) is 0.455. The van der Waals surface area contributed by atoms with E-state index in [1.165, 1.54) is 6.42 Å². The number of nitrogens with one attached hydrogen (secondary N) is 1. The number of anilines is 2. The van der Waals surface area contributed by atoms with E-state index in [0.717, 1.165) is 56.8 Å². The standard InChI is InChI=1S/C22H26ClN3O3/c23-20-13-16(22(27)26-10-2-1-3-11-26)14-24-21(20)25-17-6-8-18(9-7-17)29-15-19-5-4-12-28-19/h6-9,13-14,19H,1-5,10-12,15H2,(H,24,25). The van der Waals surface area contributed by atoms with Gasteiger partial charge in [-0.15, -0.1) is 0 Å². The molecule has 1 amide bonds. The molecule has 29 heavy (non-hydrogen) atoms. The van der Waals surface area contributed by atoms with Crippen LogP contribution in [0, 0.1) is 0 Å². The van der Waals surface area contributed by atoms with E-state index in [0.29, 0.717) is 23.0 Å². The molecule has 2 fully saturated rings. The molecule has 1 N–H and O–H groups in total. The van der Waals surface area contributed by atoms with Crippen molar-refractivity contribution in [1.29, 1.82) is 0 Å². The predicted octanol–water partition coefficient (Wildman–Crippen LogP) is 4.66. The number of amides is 1. The fourth-order valence-electron chi connectivity index (χ4n) is 3.66. The van der Waals surface area contributed by atoms with Crippen LogP contribution in [0.1, 0.15) is 42.5 Å². The smallest absolute Gasteiger partial charge is 0.255 e. The molecule has 2 saturated heterocycles. The Bertz CT molecular complexity index is 832. The number of benzene rings is 1. The Morgan fingerprint density at radius 1 is 1.21 bits per heavy atom. The van der Waals surface area contributed by atoms with Gasteiger partial charge in [-0.1, -0.05) is 11.6 Å². The number of rotatable bonds is 6. The number of pyridine rings is 1. The first-order chi connectivity index (χ1) is 14.2. The van der Waals surface area contributed by atoms with Gasteiger partial charge in [-0.05, 0) is 62.4 Å². The van der Waals surface area contributed by atoms with Gasteiger partial charge in [-0.25, -0.2) is 4.98 Å². The van der Waals surface area contributed by atoms with Crippen molar-refractivity contribution in [3.05, 3.63) is 47.1 Å². The Morgan fingerprint density at radius 2 is 2.00 bits per heavy atom. The van der Waals surface area contributed by atoms with Gasteiger partial charge in [0.05, 0.1) is 16.7 Å². The zero-order chi connectivity index (χ0) is 20.1. The first-order valence-electron chi connectivity index (χ1n) is 10.3. The van der Waals surface area contributed by atoms with E-state index >= 15 is 0 Å². The summed E-state index contributed by atoms with van der Waals surface area (Å²) in [5.74, 6) is 1.32. The van der Waals surface area contributed by atoms with Gasteiger partial charge in [0.2, 0.25) is 0 Å². The first-order valence-corrected chi connectivity index (χ1v) is 10.6. The topological polar surface area (TPSA) is 63.7 Å². The van der Waals surface area contributed by atoms with Gasteiger partial charge in [0.15, 0.2) is 0 Å². The largest absolute Gasteiger partial charge is 0.491 e. The van der Waals surface area contributed by atoms with E-state index in [9.17, 15) is 4.79 Å². The molecule has 154 valence electrons. The molecule has 0 bridgehead atoms. The van der Waals surface area contributed by atoms with Crippen molar-refractivity contribution in [3.8, 4) is 5.75 Å². The lowest BCUT2D eigenvalue weighted by molar-refractivity contribution is 0.0679. The number of aromatic nitrogens is 1. The summed E-state index contributed by atoms with van der Waals surface area (Å²) in [6.45, 7) is 3.01. The Hall–Kier alpha value is -2.31. The zero-order valence-corrected chi connectivity index (χ0v) is 17.2. The highest BCUT2D eigenvalue weighted by atomic mass is 35.5. The molecule has 0 radical (unpaired) electrons. The third-order valence-corrected chi connectivity index (χ3v) is 5.60. The van der Waals surface area contributed by atoms with Gasteiger partial charge >= 0.3 is 0 Å². The average molecular weight is 416 g/mol. The van der Waals surface area contributed by atoms with Crippen molar-refractivity contribution >= 4 is 29.0 Å². The Morgan fingerprint density at radius 3 is 2.69 bits per heavy atom. The molecule has 4 rings (SSSR count). The summed E-state index contributed by atoms with van der Waals surface area (Å²) in [5.41, 5.74) is 1.37. The van der Waals surface area contributed by atoms with Crippen molar-refractivity contribution in [3.63, 3.8) is 0 Å². The van der Waals surface area contributed by atoms with E-state index < -0.39 is 0 Å². The second-order valence-corrected chi connectivity index (χ2v) is 7.91. The van der Waals surface area contributed by atoms with Gasteiger partial charge < -0.3 is 19.7 Å². The van der Waals surface area contributed by atoms with Gasteiger partial charge in [-0.3, -0.25) is 4.79 Å². The average Bonchev–Trinajstić information content (AvgIpc) is 3.28. The summed E-state index contributed by atoms with van der Waals surface area (Å²) >= 11 is 6.38. The van der Waals surface area contributed by atoms with Gasteiger partial charge in [-0.2, -0.15) is 0 Å². The molecular weight excluding hydrogens is 390 g/mol. The number of ether oxygens (including phenoxy) is 2. The van der Waals surface area contributed by atoms with Gasteiger partial charge in [0.25, 0.3) is 5.91 Å². The summed E-state index contributed by atoms with van der Waals surface area (Å²) in [6, 6.07) is 9.32. The summed E-state index contributed by atoms with van der Waals surface area (Å²) in [7, 11) is 0. The Balaban J connectivity index is 1.35. The van der Waals surface area contributed by atoms with Gasteiger partial charge in [0, 0.05) is 31.6 Å². The summed E-state index contributed by atoms with van der Waals surface area (Å²) in [4.78, 5) is 18.8. The fourth-order valence-corrected chi connectivity index (χ4v) is 3.88. The molecule has 3 heterocycles. The van der Waals surface area contributed by atoms with Crippen LogP contribution >= 0.6 is 11.6 Å².